The van der Waals surface area contributed by atoms with Gasteiger partial charge in [-0.1, -0.05) is 13.8 Å². The van der Waals surface area contributed by atoms with Crippen LogP contribution in [0.1, 0.15) is 20.3 Å². The van der Waals surface area contributed by atoms with Crippen LogP contribution in [0.4, 0.5) is 5.69 Å². The standard InChI is InChI=1S/C12H21N3/c1-12(2,10-13)6-9-15(3)11-4-7-14-8-5-11/h4-5,7-8H,6,9-10,13H2,1-3H3. The van der Waals surface area contributed by atoms with E-state index in [1.807, 2.05) is 24.5 Å². The van der Waals surface area contributed by atoms with Crippen LogP contribution in [0.2, 0.25) is 0 Å². The van der Waals surface area contributed by atoms with Gasteiger partial charge in [0.1, 0.15) is 0 Å². The quantitative estimate of drug-likeness (QED) is 0.801. The van der Waals surface area contributed by atoms with E-state index in [0.717, 1.165) is 19.5 Å². The van der Waals surface area contributed by atoms with Gasteiger partial charge in [0.05, 0.1) is 0 Å². The summed E-state index contributed by atoms with van der Waals surface area (Å²) < 4.78 is 0. The molecule has 2 N–H and O–H groups in total. The average Bonchev–Trinajstić information content (AvgIpc) is 2.27. The molecule has 0 aliphatic rings. The topological polar surface area (TPSA) is 42.1 Å². The molecule has 15 heavy (non-hydrogen) atoms. The minimum Gasteiger partial charge on any atom is -0.374 e. The number of nitrogens with two attached hydrogens (primary N) is 1. The first-order chi connectivity index (χ1) is 7.05. The molecule has 0 aromatic carbocycles. The molecule has 0 saturated heterocycles. The van der Waals surface area contributed by atoms with Gasteiger partial charge >= 0.3 is 0 Å². The Bertz CT molecular complexity index is 282. The lowest BCUT2D eigenvalue weighted by molar-refractivity contribution is 0.351. The molecule has 1 aromatic rings. The maximum atomic E-state index is 5.70. The Morgan fingerprint density at radius 1 is 1.33 bits per heavy atom. The van der Waals surface area contributed by atoms with E-state index in [0.29, 0.717) is 0 Å². The maximum Gasteiger partial charge on any atom is 0.0394 e. The van der Waals surface area contributed by atoms with Crippen LogP contribution in [0.5, 0.6) is 0 Å². The second-order valence-corrected chi connectivity index (χ2v) is 4.75. The van der Waals surface area contributed by atoms with Crippen LogP contribution in [0.25, 0.3) is 0 Å². The lowest BCUT2D eigenvalue weighted by Gasteiger charge is -2.27. The smallest absolute Gasteiger partial charge is 0.0394 e. The van der Waals surface area contributed by atoms with Crippen molar-refractivity contribution in [2.45, 2.75) is 20.3 Å². The van der Waals surface area contributed by atoms with E-state index < -0.39 is 0 Å². The van der Waals surface area contributed by atoms with Gasteiger partial charge in [-0.25, -0.2) is 0 Å². The van der Waals surface area contributed by atoms with Crippen molar-refractivity contribution >= 4 is 5.69 Å². The number of pyridine rings is 1. The summed E-state index contributed by atoms with van der Waals surface area (Å²) in [4.78, 5) is 6.24. The molecule has 0 spiro atoms. The first-order valence-electron chi connectivity index (χ1n) is 5.36. The SMILES string of the molecule is CN(CCC(C)(C)CN)c1ccncc1. The Labute approximate surface area is 92.3 Å². The highest BCUT2D eigenvalue weighted by Gasteiger charge is 2.15. The van der Waals surface area contributed by atoms with Crippen LogP contribution in [0.15, 0.2) is 24.5 Å². The predicted molar refractivity (Wildman–Crippen MR) is 65.0 cm³/mol. The first-order valence-corrected chi connectivity index (χ1v) is 5.36. The van der Waals surface area contributed by atoms with Gasteiger partial charge in [-0.3, -0.25) is 4.98 Å². The number of hydrogen-bond donors (Lipinski definition) is 1. The molecule has 1 aromatic heterocycles. The molecule has 0 amide bonds. The van der Waals surface area contributed by atoms with E-state index in [1.54, 1.807) is 0 Å². The molecular weight excluding hydrogens is 186 g/mol. The second-order valence-electron chi connectivity index (χ2n) is 4.75. The van der Waals surface area contributed by atoms with E-state index in [9.17, 15) is 0 Å². The number of aromatic nitrogens is 1. The molecule has 0 atom stereocenters. The summed E-state index contributed by atoms with van der Waals surface area (Å²) in [7, 11) is 2.10. The van der Waals surface area contributed by atoms with E-state index in [2.05, 4.69) is 30.8 Å². The molecule has 3 heteroatoms. The van der Waals surface area contributed by atoms with Crippen molar-refractivity contribution in [3.05, 3.63) is 24.5 Å². The molecule has 0 saturated carbocycles. The van der Waals surface area contributed by atoms with Gasteiger partial charge in [-0.15, -0.1) is 0 Å². The van der Waals surface area contributed by atoms with E-state index in [1.165, 1.54) is 5.69 Å². The molecule has 0 unspecified atom stereocenters. The van der Waals surface area contributed by atoms with Gasteiger partial charge < -0.3 is 10.6 Å². The minimum atomic E-state index is 0.224. The van der Waals surface area contributed by atoms with E-state index in [4.69, 9.17) is 5.73 Å². The molecule has 1 heterocycles. The van der Waals surface area contributed by atoms with Crippen molar-refractivity contribution in [1.29, 1.82) is 0 Å². The molecule has 0 aliphatic heterocycles. The summed E-state index contributed by atoms with van der Waals surface area (Å²) in [6.07, 6.45) is 4.74. The van der Waals surface area contributed by atoms with Crippen molar-refractivity contribution in [3.8, 4) is 0 Å². The van der Waals surface area contributed by atoms with Crippen LogP contribution in [-0.4, -0.2) is 25.1 Å². The zero-order chi connectivity index (χ0) is 11.3. The molecule has 84 valence electrons. The third-order valence-corrected chi connectivity index (χ3v) is 2.78. The normalized spacial score (nSPS) is 11.5. The van der Waals surface area contributed by atoms with Gasteiger partial charge in [-0.2, -0.15) is 0 Å². The summed E-state index contributed by atoms with van der Waals surface area (Å²) in [6, 6.07) is 4.05. The third kappa shape index (κ3) is 3.88. The molecular formula is C12H21N3. The van der Waals surface area contributed by atoms with Gasteiger partial charge in [0.25, 0.3) is 0 Å². The summed E-state index contributed by atoms with van der Waals surface area (Å²) in [6.45, 7) is 6.16. The van der Waals surface area contributed by atoms with Gasteiger partial charge in [0, 0.05) is 31.7 Å². The minimum absolute atomic E-state index is 0.224. The molecule has 0 bridgehead atoms. The first kappa shape index (κ1) is 12.0. The largest absolute Gasteiger partial charge is 0.374 e. The molecule has 3 nitrogen and oxygen atoms in total. The van der Waals surface area contributed by atoms with Crippen molar-refractivity contribution in [2.24, 2.45) is 11.1 Å². The molecule has 0 aliphatic carbocycles. The van der Waals surface area contributed by atoms with Crippen LogP contribution in [-0.2, 0) is 0 Å². The zero-order valence-corrected chi connectivity index (χ0v) is 9.90. The lowest BCUT2D eigenvalue weighted by atomic mass is 9.89. The van der Waals surface area contributed by atoms with Gasteiger partial charge in [0.2, 0.25) is 0 Å². The van der Waals surface area contributed by atoms with Crippen molar-refractivity contribution < 1.29 is 0 Å². The van der Waals surface area contributed by atoms with Gasteiger partial charge in [-0.05, 0) is 30.5 Å². The van der Waals surface area contributed by atoms with Crippen LogP contribution >= 0.6 is 0 Å². The summed E-state index contributed by atoms with van der Waals surface area (Å²) >= 11 is 0. The highest BCUT2D eigenvalue weighted by atomic mass is 15.1. The molecule has 1 rings (SSSR count). The summed E-state index contributed by atoms with van der Waals surface area (Å²) in [5, 5.41) is 0. The lowest BCUT2D eigenvalue weighted by Crippen LogP contribution is -2.29. The molecule has 0 radical (unpaired) electrons. The Morgan fingerprint density at radius 2 is 1.93 bits per heavy atom. The Hall–Kier alpha value is -1.09. The third-order valence-electron chi connectivity index (χ3n) is 2.78. The Balaban J connectivity index is 2.47. The number of hydrogen-bond acceptors (Lipinski definition) is 3. The monoisotopic (exact) mass is 207 g/mol. The van der Waals surface area contributed by atoms with Crippen LogP contribution < -0.4 is 10.6 Å². The number of anilines is 1. The number of nitrogens with zero attached hydrogens (tertiary/aromatic N) is 2. The summed E-state index contributed by atoms with van der Waals surface area (Å²) in [5.74, 6) is 0. The van der Waals surface area contributed by atoms with Crippen LogP contribution in [0.3, 0.4) is 0 Å². The van der Waals surface area contributed by atoms with E-state index >= 15 is 0 Å². The predicted octanol–water partition coefficient (Wildman–Crippen LogP) is 1.89. The zero-order valence-electron chi connectivity index (χ0n) is 9.90. The highest BCUT2D eigenvalue weighted by molar-refractivity contribution is 5.43. The highest BCUT2D eigenvalue weighted by Crippen LogP contribution is 2.20. The van der Waals surface area contributed by atoms with E-state index in [-0.39, 0.29) is 5.41 Å². The fourth-order valence-electron chi connectivity index (χ4n) is 1.30. The van der Waals surface area contributed by atoms with Crippen molar-refractivity contribution in [1.82, 2.24) is 4.98 Å². The van der Waals surface area contributed by atoms with Crippen LogP contribution in [0, 0.1) is 5.41 Å². The number of rotatable bonds is 5. The molecule has 0 fully saturated rings. The van der Waals surface area contributed by atoms with Crippen molar-refractivity contribution in [2.75, 3.05) is 25.0 Å². The maximum absolute atomic E-state index is 5.70. The fourth-order valence-corrected chi connectivity index (χ4v) is 1.30. The summed E-state index contributed by atoms with van der Waals surface area (Å²) in [5.41, 5.74) is 7.13. The second kappa shape index (κ2) is 5.12. The Kier molecular flexibility index (Phi) is 4.09. The Morgan fingerprint density at radius 3 is 2.47 bits per heavy atom. The fraction of sp³-hybridized carbons (Fsp3) is 0.583. The van der Waals surface area contributed by atoms with Crippen molar-refractivity contribution in [3.63, 3.8) is 0 Å². The van der Waals surface area contributed by atoms with Gasteiger partial charge in [0.15, 0.2) is 0 Å². The average molecular weight is 207 g/mol.